The maximum atomic E-state index is 10.5. The Kier molecular flexibility index (Phi) is 8.30. The maximum absolute atomic E-state index is 10.5. The summed E-state index contributed by atoms with van der Waals surface area (Å²) in [6.45, 7) is 3.04. The van der Waals surface area contributed by atoms with Gasteiger partial charge in [0.1, 0.15) is 0 Å². The van der Waals surface area contributed by atoms with Gasteiger partial charge in [0.25, 0.3) is 0 Å². The largest absolute Gasteiger partial charge is 2.00 e. The van der Waals surface area contributed by atoms with Crippen LogP contribution in [0.4, 0.5) is 0 Å². The van der Waals surface area contributed by atoms with Gasteiger partial charge < -0.3 is 12.7 Å². The molecule has 0 rings (SSSR count). The summed E-state index contributed by atoms with van der Waals surface area (Å²) >= 11 is 0. The van der Waals surface area contributed by atoms with E-state index >= 15 is 0 Å². The Labute approximate surface area is 93.2 Å². The van der Waals surface area contributed by atoms with Crippen molar-refractivity contribution in [2.75, 3.05) is 0 Å². The second-order valence-electron chi connectivity index (χ2n) is 1.62. The van der Waals surface area contributed by atoms with Crippen LogP contribution in [-0.2, 0) is 19.1 Å². The molecular formula is C7H8MgO5. The van der Waals surface area contributed by atoms with E-state index in [1.807, 2.05) is 0 Å². The number of aliphatic carboxylic acids is 1. The Morgan fingerprint density at radius 1 is 1.23 bits per heavy atom. The van der Waals surface area contributed by atoms with Crippen LogP contribution in [0, 0.1) is 0 Å². The van der Waals surface area contributed by atoms with Gasteiger partial charge in [-0.15, -0.1) is 0 Å². The monoisotopic (exact) mass is 196 g/mol. The third-order valence-electron chi connectivity index (χ3n) is 0.730. The Bertz CT molecular complexity index is 264. The van der Waals surface area contributed by atoms with Crippen molar-refractivity contribution in [3.05, 3.63) is 24.8 Å². The molecule has 0 aromatic rings. The average Bonchev–Trinajstić information content (AvgIpc) is 2.00. The summed E-state index contributed by atoms with van der Waals surface area (Å²) in [7, 11) is 0. The molecule has 0 bridgehead atoms. The van der Waals surface area contributed by atoms with Crippen LogP contribution in [0.5, 0.6) is 0 Å². The molecule has 0 atom stereocenters. The molecule has 0 aliphatic heterocycles. The molecule has 0 unspecified atom stereocenters. The van der Waals surface area contributed by atoms with Crippen LogP contribution >= 0.6 is 0 Å². The fraction of sp³-hybridized carbons (Fsp3) is 0. The third-order valence-corrected chi connectivity index (χ3v) is 0.730. The van der Waals surface area contributed by atoms with Gasteiger partial charge in [0.05, 0.1) is 0 Å². The first-order valence-corrected chi connectivity index (χ1v) is 2.85. The van der Waals surface area contributed by atoms with Crippen molar-refractivity contribution in [1.82, 2.24) is 0 Å². The van der Waals surface area contributed by atoms with Crippen LogP contribution in [0.2, 0.25) is 0 Å². The third kappa shape index (κ3) is 8.77. The predicted octanol–water partition coefficient (Wildman–Crippen LogP) is -0.273. The fourth-order valence-corrected chi connectivity index (χ4v) is 0.314. The van der Waals surface area contributed by atoms with Crippen molar-refractivity contribution in [1.29, 1.82) is 0 Å². The van der Waals surface area contributed by atoms with Gasteiger partial charge >= 0.3 is 41.0 Å². The number of rotatable bonds is 3. The molecule has 0 saturated carbocycles. The van der Waals surface area contributed by atoms with Crippen LogP contribution < -0.4 is 0 Å². The summed E-state index contributed by atoms with van der Waals surface area (Å²) in [5.41, 5.74) is 0. The minimum Gasteiger partial charge on any atom is -1.00 e. The zero-order valence-electron chi connectivity index (χ0n) is 8.73. The molecule has 0 saturated heterocycles. The normalized spacial score (nSPS) is 8.62. The first-order valence-electron chi connectivity index (χ1n) is 2.85. The van der Waals surface area contributed by atoms with Gasteiger partial charge in [-0.3, -0.25) is 0 Å². The molecule has 0 aromatic heterocycles. The van der Waals surface area contributed by atoms with E-state index in [4.69, 9.17) is 5.11 Å². The molecule has 13 heavy (non-hydrogen) atoms. The first kappa shape index (κ1) is 14.4. The standard InChI is InChI=1S/C7H6O5.Mg.2H/c1-2-6(10)12-7(11)4-3-5(8)9;;;/h2-4H,1H2,(H,8,9);;;/q;+2;2*-1/b4-3-;;;. The number of carbonyl (C=O) groups is 3. The van der Waals surface area contributed by atoms with Gasteiger partial charge in [0.15, 0.2) is 0 Å². The molecule has 0 spiro atoms. The number of esters is 2. The summed E-state index contributed by atoms with van der Waals surface area (Å²) in [5.74, 6) is -3.25. The van der Waals surface area contributed by atoms with Crippen LogP contribution in [0.1, 0.15) is 2.85 Å². The Hall–Kier alpha value is -1.14. The first-order chi connectivity index (χ1) is 5.56. The van der Waals surface area contributed by atoms with Crippen molar-refractivity contribution >= 4 is 41.0 Å². The van der Waals surface area contributed by atoms with Crippen LogP contribution in [-0.4, -0.2) is 46.1 Å². The molecule has 0 heterocycles. The second-order valence-corrected chi connectivity index (χ2v) is 1.62. The van der Waals surface area contributed by atoms with E-state index in [-0.39, 0.29) is 25.9 Å². The Morgan fingerprint density at radius 3 is 2.15 bits per heavy atom. The number of carboxylic acid groups (broad SMARTS) is 1. The number of hydrogen-bond donors (Lipinski definition) is 1. The van der Waals surface area contributed by atoms with E-state index in [2.05, 4.69) is 11.3 Å². The molecule has 0 aromatic carbocycles. The molecule has 0 aliphatic rings. The van der Waals surface area contributed by atoms with Crippen molar-refractivity contribution in [3.63, 3.8) is 0 Å². The predicted molar refractivity (Wildman–Crippen MR) is 46.0 cm³/mol. The van der Waals surface area contributed by atoms with Crippen molar-refractivity contribution in [2.45, 2.75) is 0 Å². The smallest absolute Gasteiger partial charge is 1.00 e. The zero-order chi connectivity index (χ0) is 9.56. The molecule has 0 radical (unpaired) electrons. The molecule has 0 amide bonds. The minimum absolute atomic E-state index is 0. The molecule has 6 heteroatoms. The van der Waals surface area contributed by atoms with E-state index in [0.29, 0.717) is 12.2 Å². The van der Waals surface area contributed by atoms with Crippen molar-refractivity contribution < 1.29 is 27.1 Å². The SMILES string of the molecule is C=CC(=O)OC(=O)/C=C\C(=O)O.[H-].[H-].[Mg+2]. The van der Waals surface area contributed by atoms with Crippen molar-refractivity contribution in [2.24, 2.45) is 0 Å². The molecule has 68 valence electrons. The number of carbonyl (C=O) groups excluding carboxylic acids is 2. The van der Waals surface area contributed by atoms with Crippen LogP contribution in [0.15, 0.2) is 24.8 Å². The fourth-order valence-electron chi connectivity index (χ4n) is 0.314. The second kappa shape index (κ2) is 7.50. The van der Waals surface area contributed by atoms with Gasteiger partial charge in [-0.2, -0.15) is 0 Å². The summed E-state index contributed by atoms with van der Waals surface area (Å²) in [6, 6.07) is 0. The summed E-state index contributed by atoms with van der Waals surface area (Å²) in [6.07, 6.45) is 1.99. The van der Waals surface area contributed by atoms with Crippen LogP contribution in [0.25, 0.3) is 0 Å². The van der Waals surface area contributed by atoms with Gasteiger partial charge in [-0.1, -0.05) is 6.58 Å². The van der Waals surface area contributed by atoms with Gasteiger partial charge in [-0.25, -0.2) is 14.4 Å². The van der Waals surface area contributed by atoms with Gasteiger partial charge in [-0.05, 0) is 0 Å². The quantitative estimate of drug-likeness (QED) is 0.291. The summed E-state index contributed by atoms with van der Waals surface area (Å²) in [5, 5.41) is 8.05. The van der Waals surface area contributed by atoms with E-state index in [1.54, 1.807) is 0 Å². The van der Waals surface area contributed by atoms with Gasteiger partial charge in [0.2, 0.25) is 0 Å². The summed E-state index contributed by atoms with van der Waals surface area (Å²) < 4.78 is 4.00. The van der Waals surface area contributed by atoms with E-state index < -0.39 is 17.9 Å². The van der Waals surface area contributed by atoms with Crippen LogP contribution in [0.3, 0.4) is 0 Å². The maximum Gasteiger partial charge on any atom is 2.00 e. The number of carboxylic acids is 1. The average molecular weight is 196 g/mol. The van der Waals surface area contributed by atoms with E-state index in [9.17, 15) is 14.4 Å². The summed E-state index contributed by atoms with van der Waals surface area (Å²) in [4.78, 5) is 30.7. The topological polar surface area (TPSA) is 80.7 Å². The van der Waals surface area contributed by atoms with Crippen molar-refractivity contribution in [3.8, 4) is 0 Å². The minimum atomic E-state index is -1.29. The molecule has 1 N–H and O–H groups in total. The zero-order valence-corrected chi connectivity index (χ0v) is 8.14. The number of ether oxygens (including phenoxy) is 1. The number of hydrogen-bond acceptors (Lipinski definition) is 4. The van der Waals surface area contributed by atoms with E-state index in [1.165, 1.54) is 0 Å². The Balaban J connectivity index is -0.000000202. The molecule has 5 nitrogen and oxygen atoms in total. The Morgan fingerprint density at radius 2 is 1.77 bits per heavy atom. The molecule has 0 fully saturated rings. The van der Waals surface area contributed by atoms with Gasteiger partial charge in [0, 0.05) is 18.2 Å². The molecular weight excluding hydrogens is 188 g/mol. The van der Waals surface area contributed by atoms with E-state index in [0.717, 1.165) is 6.08 Å². The molecule has 0 aliphatic carbocycles.